The van der Waals surface area contributed by atoms with Gasteiger partial charge in [0.25, 0.3) is 0 Å². The fraction of sp³-hybridized carbons (Fsp3) is 0.727. The quantitative estimate of drug-likeness (QED) is 0.750. The van der Waals surface area contributed by atoms with E-state index in [1.54, 1.807) is 0 Å². The van der Waals surface area contributed by atoms with E-state index in [-0.39, 0.29) is 0 Å². The summed E-state index contributed by atoms with van der Waals surface area (Å²) >= 11 is 0. The van der Waals surface area contributed by atoms with Gasteiger partial charge in [-0.15, -0.1) is 0 Å². The maximum atomic E-state index is 4.29. The molecular weight excluding hydrogens is 174 g/mol. The van der Waals surface area contributed by atoms with Crippen molar-refractivity contribution < 1.29 is 0 Å². The van der Waals surface area contributed by atoms with E-state index in [0.29, 0.717) is 6.04 Å². The Morgan fingerprint density at radius 3 is 2.93 bits per heavy atom. The van der Waals surface area contributed by atoms with Gasteiger partial charge < -0.3 is 5.32 Å². The van der Waals surface area contributed by atoms with Crippen molar-refractivity contribution in [3.8, 4) is 0 Å². The molecule has 0 radical (unpaired) electrons. The van der Waals surface area contributed by atoms with Crippen LogP contribution < -0.4 is 5.32 Å². The predicted molar refractivity (Wildman–Crippen MR) is 59.4 cm³/mol. The molecule has 0 fully saturated rings. The lowest BCUT2D eigenvalue weighted by Gasteiger charge is -2.09. The number of rotatable bonds is 6. The van der Waals surface area contributed by atoms with Gasteiger partial charge in [0.2, 0.25) is 0 Å². The van der Waals surface area contributed by atoms with Crippen molar-refractivity contribution >= 4 is 0 Å². The molecule has 1 heterocycles. The minimum atomic E-state index is 0.567. The first kappa shape index (κ1) is 11.2. The highest BCUT2D eigenvalue weighted by molar-refractivity contribution is 5.01. The summed E-state index contributed by atoms with van der Waals surface area (Å²) in [6, 6.07) is 2.68. The third-order valence-electron chi connectivity index (χ3n) is 2.17. The van der Waals surface area contributed by atoms with E-state index < -0.39 is 0 Å². The Labute approximate surface area is 86.5 Å². The lowest BCUT2D eigenvalue weighted by molar-refractivity contribution is 0.543. The smallest absolute Gasteiger partial charge is 0.0492 e. The maximum Gasteiger partial charge on any atom is 0.0492 e. The van der Waals surface area contributed by atoms with Crippen molar-refractivity contribution in [3.05, 3.63) is 18.0 Å². The zero-order valence-electron chi connectivity index (χ0n) is 9.45. The SMILES string of the molecule is CCCn1nccc1CCNC(C)C. The van der Waals surface area contributed by atoms with Crippen molar-refractivity contribution in [1.82, 2.24) is 15.1 Å². The molecule has 0 saturated heterocycles. The monoisotopic (exact) mass is 195 g/mol. The van der Waals surface area contributed by atoms with Crippen LogP contribution in [-0.4, -0.2) is 22.4 Å². The van der Waals surface area contributed by atoms with Crippen molar-refractivity contribution in [2.45, 2.75) is 46.2 Å². The third-order valence-corrected chi connectivity index (χ3v) is 2.17. The average Bonchev–Trinajstić information content (AvgIpc) is 2.53. The Hall–Kier alpha value is -0.830. The fourth-order valence-corrected chi connectivity index (χ4v) is 1.47. The van der Waals surface area contributed by atoms with Crippen LogP contribution in [0.15, 0.2) is 12.3 Å². The molecule has 0 amide bonds. The molecule has 0 atom stereocenters. The number of nitrogens with one attached hydrogen (secondary N) is 1. The molecule has 0 aliphatic carbocycles. The van der Waals surface area contributed by atoms with Crippen LogP contribution >= 0.6 is 0 Å². The van der Waals surface area contributed by atoms with E-state index in [4.69, 9.17) is 0 Å². The van der Waals surface area contributed by atoms with Crippen molar-refractivity contribution in [3.63, 3.8) is 0 Å². The van der Waals surface area contributed by atoms with E-state index >= 15 is 0 Å². The normalized spacial score (nSPS) is 11.1. The van der Waals surface area contributed by atoms with Gasteiger partial charge in [0.1, 0.15) is 0 Å². The van der Waals surface area contributed by atoms with Crippen LogP contribution in [0.3, 0.4) is 0 Å². The molecule has 0 saturated carbocycles. The second-order valence-corrected chi connectivity index (χ2v) is 3.90. The second kappa shape index (κ2) is 5.81. The molecule has 0 aliphatic rings. The average molecular weight is 195 g/mol. The predicted octanol–water partition coefficient (Wildman–Crippen LogP) is 1.83. The van der Waals surface area contributed by atoms with E-state index in [1.165, 1.54) is 5.69 Å². The molecule has 3 nitrogen and oxygen atoms in total. The topological polar surface area (TPSA) is 29.9 Å². The molecule has 1 N–H and O–H groups in total. The van der Waals surface area contributed by atoms with Gasteiger partial charge in [0.05, 0.1) is 0 Å². The van der Waals surface area contributed by atoms with Crippen LogP contribution in [0.4, 0.5) is 0 Å². The van der Waals surface area contributed by atoms with Crippen LogP contribution in [0.25, 0.3) is 0 Å². The Bertz CT molecular complexity index is 253. The Kier molecular flexibility index (Phi) is 4.66. The number of aromatic nitrogens is 2. The summed E-state index contributed by atoms with van der Waals surface area (Å²) < 4.78 is 2.10. The third kappa shape index (κ3) is 3.50. The van der Waals surface area contributed by atoms with Gasteiger partial charge in [0.15, 0.2) is 0 Å². The standard InChI is InChI=1S/C11H21N3/c1-4-9-14-11(6-8-13-14)5-7-12-10(2)3/h6,8,10,12H,4-5,7,9H2,1-3H3. The number of aryl methyl sites for hydroxylation is 1. The number of hydrogen-bond donors (Lipinski definition) is 1. The van der Waals surface area contributed by atoms with E-state index in [1.807, 2.05) is 6.20 Å². The molecule has 80 valence electrons. The van der Waals surface area contributed by atoms with Crippen LogP contribution in [0.5, 0.6) is 0 Å². The summed E-state index contributed by atoms with van der Waals surface area (Å²) in [6.07, 6.45) is 4.10. The Morgan fingerprint density at radius 2 is 2.29 bits per heavy atom. The zero-order chi connectivity index (χ0) is 10.4. The molecular formula is C11H21N3. The molecule has 1 rings (SSSR count). The van der Waals surface area contributed by atoms with Crippen LogP contribution in [0.2, 0.25) is 0 Å². The molecule has 3 heteroatoms. The van der Waals surface area contributed by atoms with Gasteiger partial charge in [-0.2, -0.15) is 5.10 Å². The van der Waals surface area contributed by atoms with Crippen LogP contribution in [0.1, 0.15) is 32.9 Å². The highest BCUT2D eigenvalue weighted by atomic mass is 15.3. The minimum Gasteiger partial charge on any atom is -0.314 e. The van der Waals surface area contributed by atoms with Gasteiger partial charge in [0, 0.05) is 37.4 Å². The first-order valence-electron chi connectivity index (χ1n) is 5.48. The van der Waals surface area contributed by atoms with Crippen molar-refractivity contribution in [2.75, 3.05) is 6.54 Å². The molecule has 0 bridgehead atoms. The largest absolute Gasteiger partial charge is 0.314 e. The van der Waals surface area contributed by atoms with Gasteiger partial charge in [-0.25, -0.2) is 0 Å². The summed E-state index contributed by atoms with van der Waals surface area (Å²) in [7, 11) is 0. The molecule has 14 heavy (non-hydrogen) atoms. The molecule has 1 aromatic rings. The first-order chi connectivity index (χ1) is 6.74. The summed E-state index contributed by atoms with van der Waals surface area (Å²) in [5, 5.41) is 7.70. The molecule has 0 aliphatic heterocycles. The van der Waals surface area contributed by atoms with E-state index in [9.17, 15) is 0 Å². The minimum absolute atomic E-state index is 0.567. The first-order valence-corrected chi connectivity index (χ1v) is 5.48. The van der Waals surface area contributed by atoms with Gasteiger partial charge in [-0.05, 0) is 12.5 Å². The molecule has 1 aromatic heterocycles. The number of hydrogen-bond acceptors (Lipinski definition) is 2. The van der Waals surface area contributed by atoms with Crippen molar-refractivity contribution in [2.24, 2.45) is 0 Å². The zero-order valence-corrected chi connectivity index (χ0v) is 9.45. The summed E-state index contributed by atoms with van der Waals surface area (Å²) in [5.74, 6) is 0. The van der Waals surface area contributed by atoms with Gasteiger partial charge >= 0.3 is 0 Å². The second-order valence-electron chi connectivity index (χ2n) is 3.90. The Balaban J connectivity index is 2.37. The van der Waals surface area contributed by atoms with Crippen molar-refractivity contribution in [1.29, 1.82) is 0 Å². The highest BCUT2D eigenvalue weighted by Gasteiger charge is 2.01. The van der Waals surface area contributed by atoms with E-state index in [0.717, 1.165) is 25.9 Å². The maximum absolute atomic E-state index is 4.29. The van der Waals surface area contributed by atoms with Gasteiger partial charge in [-0.1, -0.05) is 20.8 Å². The highest BCUT2D eigenvalue weighted by Crippen LogP contribution is 2.00. The van der Waals surface area contributed by atoms with Crippen LogP contribution in [0, 0.1) is 0 Å². The number of nitrogens with zero attached hydrogens (tertiary/aromatic N) is 2. The Morgan fingerprint density at radius 1 is 1.50 bits per heavy atom. The summed E-state index contributed by atoms with van der Waals surface area (Å²) in [5.41, 5.74) is 1.33. The molecule has 0 unspecified atom stereocenters. The lowest BCUT2D eigenvalue weighted by Crippen LogP contribution is -2.25. The lowest BCUT2D eigenvalue weighted by atomic mass is 10.3. The van der Waals surface area contributed by atoms with Gasteiger partial charge in [-0.3, -0.25) is 4.68 Å². The van der Waals surface area contributed by atoms with E-state index in [2.05, 4.69) is 41.9 Å². The fourth-order valence-electron chi connectivity index (χ4n) is 1.47. The molecule has 0 spiro atoms. The summed E-state index contributed by atoms with van der Waals surface area (Å²) in [4.78, 5) is 0. The molecule has 0 aromatic carbocycles. The summed E-state index contributed by atoms with van der Waals surface area (Å²) in [6.45, 7) is 8.58. The van der Waals surface area contributed by atoms with Crippen LogP contribution in [-0.2, 0) is 13.0 Å².